The lowest BCUT2D eigenvalue weighted by Gasteiger charge is -2.41. The number of piperidine rings is 1. The second kappa shape index (κ2) is 11.8. The van der Waals surface area contributed by atoms with E-state index < -0.39 is 30.4 Å². The first kappa shape index (κ1) is 22.3. The zero-order chi connectivity index (χ0) is 18.8. The van der Waals surface area contributed by atoms with Crippen LogP contribution in [0.4, 0.5) is 0 Å². The van der Waals surface area contributed by atoms with Gasteiger partial charge in [0.25, 0.3) is 0 Å². The van der Waals surface area contributed by atoms with Gasteiger partial charge in [-0.1, -0.05) is 26.2 Å². The van der Waals surface area contributed by atoms with Gasteiger partial charge in [-0.05, 0) is 19.3 Å². The maximum absolute atomic E-state index is 11.9. The summed E-state index contributed by atoms with van der Waals surface area (Å²) < 4.78 is 0. The largest absolute Gasteiger partial charge is 0.395 e. The van der Waals surface area contributed by atoms with Gasteiger partial charge in [0.2, 0.25) is 5.91 Å². The van der Waals surface area contributed by atoms with Crippen LogP contribution >= 0.6 is 0 Å². The molecule has 0 radical (unpaired) electrons. The Morgan fingerprint density at radius 1 is 1.04 bits per heavy atom. The van der Waals surface area contributed by atoms with E-state index in [4.69, 9.17) is 0 Å². The molecule has 1 unspecified atom stereocenters. The van der Waals surface area contributed by atoms with Crippen molar-refractivity contribution in [2.75, 3.05) is 13.2 Å². The summed E-state index contributed by atoms with van der Waals surface area (Å²) in [4.78, 5) is 11.9. The molecule has 148 valence electrons. The molecular weight excluding hydrogens is 328 g/mol. The molecule has 0 saturated carbocycles. The van der Waals surface area contributed by atoms with Gasteiger partial charge in [0.1, 0.15) is 6.10 Å². The first-order chi connectivity index (χ1) is 11.9. The molecule has 0 aromatic heterocycles. The number of carbonyl (C=O) groups is 1. The van der Waals surface area contributed by atoms with Crippen LogP contribution in [-0.2, 0) is 4.79 Å². The molecule has 6 atom stereocenters. The standard InChI is InChI=1S/C17H34N2O6/c1-2-3-4-6-11(21)7-5-8-14(22)18-9-12-15(23)17(25)16(24)13(10-20)19-12/h11-13,15-17,19-21,23-25H,2-10H2,1H3,(H,18,22)/t11?,12-,13-,15+,16-,17-/m1/s1. The Kier molecular flexibility index (Phi) is 10.5. The highest BCUT2D eigenvalue weighted by atomic mass is 16.4. The van der Waals surface area contributed by atoms with E-state index in [1.54, 1.807) is 0 Å². The van der Waals surface area contributed by atoms with Gasteiger partial charge >= 0.3 is 0 Å². The van der Waals surface area contributed by atoms with Crippen LogP contribution in [0.5, 0.6) is 0 Å². The first-order valence-corrected chi connectivity index (χ1v) is 9.26. The normalized spacial score (nSPS) is 30.9. The quantitative estimate of drug-likeness (QED) is 0.225. The van der Waals surface area contributed by atoms with E-state index in [2.05, 4.69) is 17.6 Å². The first-order valence-electron chi connectivity index (χ1n) is 9.26. The zero-order valence-corrected chi connectivity index (χ0v) is 15.0. The summed E-state index contributed by atoms with van der Waals surface area (Å²) in [6.45, 7) is 1.81. The molecule has 1 aliphatic heterocycles. The van der Waals surface area contributed by atoms with Crippen LogP contribution in [0.1, 0.15) is 51.9 Å². The van der Waals surface area contributed by atoms with Crippen molar-refractivity contribution in [2.24, 2.45) is 0 Å². The Balaban J connectivity index is 2.24. The predicted molar refractivity (Wildman–Crippen MR) is 92.8 cm³/mol. The van der Waals surface area contributed by atoms with Gasteiger partial charge in [-0.25, -0.2) is 0 Å². The lowest BCUT2D eigenvalue weighted by Crippen LogP contribution is -2.68. The third-order valence-electron chi connectivity index (χ3n) is 4.75. The molecule has 25 heavy (non-hydrogen) atoms. The Bertz CT molecular complexity index is 382. The molecule has 8 nitrogen and oxygen atoms in total. The number of carbonyl (C=O) groups excluding carboxylic acids is 1. The molecule has 0 aromatic rings. The van der Waals surface area contributed by atoms with E-state index in [0.717, 1.165) is 25.7 Å². The fourth-order valence-corrected chi connectivity index (χ4v) is 3.08. The van der Waals surface area contributed by atoms with Crippen molar-refractivity contribution in [3.63, 3.8) is 0 Å². The molecule has 0 aliphatic carbocycles. The van der Waals surface area contributed by atoms with Gasteiger partial charge in [-0.3, -0.25) is 4.79 Å². The Labute approximate surface area is 149 Å². The highest BCUT2D eigenvalue weighted by Gasteiger charge is 2.41. The van der Waals surface area contributed by atoms with Crippen molar-refractivity contribution < 1.29 is 30.3 Å². The van der Waals surface area contributed by atoms with Crippen LogP contribution in [0.15, 0.2) is 0 Å². The summed E-state index contributed by atoms with van der Waals surface area (Å²) in [6, 6.07) is -1.40. The van der Waals surface area contributed by atoms with Crippen LogP contribution in [0.25, 0.3) is 0 Å². The molecule has 1 saturated heterocycles. The fourth-order valence-electron chi connectivity index (χ4n) is 3.08. The fraction of sp³-hybridized carbons (Fsp3) is 0.941. The van der Waals surface area contributed by atoms with E-state index in [1.165, 1.54) is 0 Å². The smallest absolute Gasteiger partial charge is 0.220 e. The van der Waals surface area contributed by atoms with Gasteiger partial charge < -0.3 is 36.2 Å². The Morgan fingerprint density at radius 3 is 2.32 bits per heavy atom. The third-order valence-corrected chi connectivity index (χ3v) is 4.75. The topological polar surface area (TPSA) is 142 Å². The average molecular weight is 362 g/mol. The summed E-state index contributed by atoms with van der Waals surface area (Å²) in [5.41, 5.74) is 0. The summed E-state index contributed by atoms with van der Waals surface area (Å²) >= 11 is 0. The minimum Gasteiger partial charge on any atom is -0.395 e. The number of hydrogen-bond donors (Lipinski definition) is 7. The molecule has 1 aliphatic rings. The van der Waals surface area contributed by atoms with Crippen molar-refractivity contribution in [1.29, 1.82) is 0 Å². The van der Waals surface area contributed by atoms with Crippen LogP contribution in [0.2, 0.25) is 0 Å². The molecule has 0 spiro atoms. The maximum atomic E-state index is 11.9. The van der Waals surface area contributed by atoms with Crippen molar-refractivity contribution in [3.8, 4) is 0 Å². The molecule has 1 heterocycles. The van der Waals surface area contributed by atoms with E-state index in [1.807, 2.05) is 0 Å². The van der Waals surface area contributed by atoms with Crippen molar-refractivity contribution in [3.05, 3.63) is 0 Å². The van der Waals surface area contributed by atoms with Crippen LogP contribution in [-0.4, -0.2) is 81.1 Å². The number of hydrogen-bond acceptors (Lipinski definition) is 7. The number of aliphatic hydroxyl groups is 5. The van der Waals surface area contributed by atoms with Crippen LogP contribution in [0, 0.1) is 0 Å². The lowest BCUT2D eigenvalue weighted by molar-refractivity contribution is -0.126. The van der Waals surface area contributed by atoms with Gasteiger partial charge in [-0.15, -0.1) is 0 Å². The summed E-state index contributed by atoms with van der Waals surface area (Å²) in [6.07, 6.45) is 1.16. The average Bonchev–Trinajstić information content (AvgIpc) is 2.59. The highest BCUT2D eigenvalue weighted by Crippen LogP contribution is 2.15. The zero-order valence-electron chi connectivity index (χ0n) is 15.0. The van der Waals surface area contributed by atoms with Gasteiger partial charge in [-0.2, -0.15) is 0 Å². The highest BCUT2D eigenvalue weighted by molar-refractivity contribution is 5.75. The van der Waals surface area contributed by atoms with Crippen LogP contribution in [0.3, 0.4) is 0 Å². The second-order valence-electron chi connectivity index (χ2n) is 6.88. The van der Waals surface area contributed by atoms with Gasteiger partial charge in [0, 0.05) is 13.0 Å². The minimum atomic E-state index is -1.38. The minimum absolute atomic E-state index is 0.0827. The summed E-state index contributed by atoms with van der Waals surface area (Å²) in [5.74, 6) is -0.198. The molecule has 8 heteroatoms. The van der Waals surface area contributed by atoms with Gasteiger partial charge in [0.15, 0.2) is 0 Å². The maximum Gasteiger partial charge on any atom is 0.220 e. The summed E-state index contributed by atoms with van der Waals surface area (Å²) in [7, 11) is 0. The predicted octanol–water partition coefficient (Wildman–Crippen LogP) is -1.37. The molecule has 1 amide bonds. The number of aliphatic hydroxyl groups excluding tert-OH is 5. The molecule has 0 bridgehead atoms. The third kappa shape index (κ3) is 7.55. The SMILES string of the molecule is CCCCCC(O)CCCC(=O)NC[C@H]1N[C@H](CO)[C@@H](O)[C@H](O)[C@H]1O. The van der Waals surface area contributed by atoms with E-state index in [9.17, 15) is 30.3 Å². The number of rotatable bonds is 11. The molecular formula is C17H34N2O6. The molecule has 1 fully saturated rings. The number of amides is 1. The van der Waals surface area contributed by atoms with Gasteiger partial charge in [0.05, 0.1) is 37.0 Å². The molecule has 1 rings (SSSR count). The van der Waals surface area contributed by atoms with Crippen molar-refractivity contribution >= 4 is 5.91 Å². The monoisotopic (exact) mass is 362 g/mol. The Hall–Kier alpha value is -0.770. The van der Waals surface area contributed by atoms with E-state index in [-0.39, 0.29) is 31.6 Å². The number of unbranched alkanes of at least 4 members (excludes halogenated alkanes) is 2. The van der Waals surface area contributed by atoms with Crippen molar-refractivity contribution in [1.82, 2.24) is 10.6 Å². The molecule has 7 N–H and O–H groups in total. The van der Waals surface area contributed by atoms with Crippen LogP contribution < -0.4 is 10.6 Å². The Morgan fingerprint density at radius 2 is 1.68 bits per heavy atom. The van der Waals surface area contributed by atoms with Crippen molar-refractivity contribution in [2.45, 2.75) is 88.4 Å². The summed E-state index contributed by atoms with van der Waals surface area (Å²) in [5, 5.41) is 53.9. The molecule has 0 aromatic carbocycles. The van der Waals surface area contributed by atoms with E-state index >= 15 is 0 Å². The second-order valence-corrected chi connectivity index (χ2v) is 6.88. The lowest BCUT2D eigenvalue weighted by atomic mass is 9.90. The number of nitrogens with one attached hydrogen (secondary N) is 2. The van der Waals surface area contributed by atoms with E-state index in [0.29, 0.717) is 12.8 Å².